The molecular formula is C28H30F3N5O3S. The molecule has 5 rings (SSSR count). The van der Waals surface area contributed by atoms with Gasteiger partial charge in [-0.05, 0) is 68.9 Å². The van der Waals surface area contributed by atoms with E-state index in [1.807, 2.05) is 17.5 Å². The number of carbonyl (C=O) groups excluding carboxylic acids is 2. The molecule has 2 amide bonds. The summed E-state index contributed by atoms with van der Waals surface area (Å²) in [6.45, 7) is 0.224. The number of carbonyl (C=O) groups is 2. The van der Waals surface area contributed by atoms with E-state index in [1.54, 1.807) is 17.3 Å². The lowest BCUT2D eigenvalue weighted by Crippen LogP contribution is -2.52. The Morgan fingerprint density at radius 1 is 1.12 bits per heavy atom. The van der Waals surface area contributed by atoms with Crippen LogP contribution in [0.3, 0.4) is 0 Å². The van der Waals surface area contributed by atoms with Crippen LogP contribution in [-0.2, 0) is 16.6 Å². The SMILES string of the molecule is O=C(NCC(=O)N1CCC[C@H]1NC1CCC(O)(c2ccc(-c3nccs3)cn2)CC1)c1cccc(C(F)(F)F)c1. The summed E-state index contributed by atoms with van der Waals surface area (Å²) in [5, 5.41) is 20.1. The van der Waals surface area contributed by atoms with Crippen molar-refractivity contribution in [3.63, 3.8) is 0 Å². The molecule has 0 unspecified atom stereocenters. The molecule has 1 aliphatic carbocycles. The molecule has 1 saturated heterocycles. The number of hydrogen-bond donors (Lipinski definition) is 3. The molecule has 0 bridgehead atoms. The highest BCUT2D eigenvalue weighted by molar-refractivity contribution is 7.13. The molecule has 2 aromatic heterocycles. The third-order valence-electron chi connectivity index (χ3n) is 7.59. The first-order valence-electron chi connectivity index (χ1n) is 13.2. The lowest BCUT2D eigenvalue weighted by molar-refractivity contribution is -0.137. The summed E-state index contributed by atoms with van der Waals surface area (Å²) in [5.41, 5.74) is -0.535. The molecule has 40 heavy (non-hydrogen) atoms. The van der Waals surface area contributed by atoms with E-state index in [2.05, 4.69) is 20.6 Å². The molecule has 212 valence electrons. The predicted molar refractivity (Wildman–Crippen MR) is 143 cm³/mol. The molecule has 1 saturated carbocycles. The first-order chi connectivity index (χ1) is 19.1. The van der Waals surface area contributed by atoms with Gasteiger partial charge in [0.15, 0.2) is 0 Å². The lowest BCUT2D eigenvalue weighted by Gasteiger charge is -2.38. The van der Waals surface area contributed by atoms with Gasteiger partial charge in [0, 0.05) is 41.5 Å². The van der Waals surface area contributed by atoms with Crippen LogP contribution < -0.4 is 10.6 Å². The van der Waals surface area contributed by atoms with Crippen molar-refractivity contribution in [2.45, 2.75) is 62.5 Å². The average molecular weight is 574 g/mol. The van der Waals surface area contributed by atoms with Crippen LogP contribution in [0.15, 0.2) is 54.2 Å². The third kappa shape index (κ3) is 6.34. The van der Waals surface area contributed by atoms with Crippen LogP contribution >= 0.6 is 11.3 Å². The molecule has 0 radical (unpaired) electrons. The standard InChI is InChI=1S/C28H30F3N5O3S/c29-28(30,31)20-4-1-3-18(15-20)25(38)34-17-24(37)36-13-2-5-23(36)35-21-8-10-27(39,11-9-21)22-7-6-19(16-33-22)26-32-12-14-40-26/h1,3-4,6-7,12,14-16,21,23,35,39H,2,5,8-11,13,17H2,(H,34,38)/t21?,23-,27?/m0/s1. The third-order valence-corrected chi connectivity index (χ3v) is 8.41. The number of amides is 2. The van der Waals surface area contributed by atoms with Crippen LogP contribution in [0.1, 0.15) is 60.1 Å². The fourth-order valence-electron chi connectivity index (χ4n) is 5.39. The van der Waals surface area contributed by atoms with Gasteiger partial charge in [0.05, 0.1) is 24.0 Å². The van der Waals surface area contributed by atoms with E-state index in [1.165, 1.54) is 23.5 Å². The molecular weight excluding hydrogens is 543 g/mol. The van der Waals surface area contributed by atoms with Crippen LogP contribution in [0, 0.1) is 0 Å². The fourth-order valence-corrected chi connectivity index (χ4v) is 6.02. The molecule has 12 heteroatoms. The van der Waals surface area contributed by atoms with E-state index in [-0.39, 0.29) is 30.2 Å². The maximum atomic E-state index is 13.0. The number of hydrogen-bond acceptors (Lipinski definition) is 7. The zero-order valence-electron chi connectivity index (χ0n) is 21.7. The monoisotopic (exact) mass is 573 g/mol. The lowest BCUT2D eigenvalue weighted by atomic mass is 9.79. The molecule has 1 atom stereocenters. The van der Waals surface area contributed by atoms with Gasteiger partial charge in [-0.25, -0.2) is 4.98 Å². The summed E-state index contributed by atoms with van der Waals surface area (Å²) in [4.78, 5) is 35.8. The molecule has 1 aliphatic heterocycles. The van der Waals surface area contributed by atoms with Crippen molar-refractivity contribution >= 4 is 23.2 Å². The van der Waals surface area contributed by atoms with Gasteiger partial charge in [-0.2, -0.15) is 13.2 Å². The topological polar surface area (TPSA) is 107 Å². The van der Waals surface area contributed by atoms with Crippen molar-refractivity contribution in [3.8, 4) is 10.6 Å². The number of benzene rings is 1. The Kier molecular flexibility index (Phi) is 8.20. The molecule has 0 spiro atoms. The Labute approximate surface area is 233 Å². The zero-order chi connectivity index (χ0) is 28.3. The number of nitrogens with one attached hydrogen (secondary N) is 2. The van der Waals surface area contributed by atoms with Gasteiger partial charge in [-0.15, -0.1) is 11.3 Å². The number of aliphatic hydroxyl groups is 1. The van der Waals surface area contributed by atoms with Gasteiger partial charge < -0.3 is 15.3 Å². The summed E-state index contributed by atoms with van der Waals surface area (Å²) in [5.74, 6) is -1.03. The van der Waals surface area contributed by atoms with Crippen LogP contribution in [0.5, 0.6) is 0 Å². The smallest absolute Gasteiger partial charge is 0.384 e. The molecule has 2 fully saturated rings. The Morgan fingerprint density at radius 3 is 2.60 bits per heavy atom. The van der Waals surface area contributed by atoms with Crippen LogP contribution in [0.2, 0.25) is 0 Å². The minimum atomic E-state index is -4.56. The van der Waals surface area contributed by atoms with Crippen LogP contribution in [0.25, 0.3) is 10.6 Å². The Bertz CT molecular complexity index is 1330. The van der Waals surface area contributed by atoms with E-state index in [4.69, 9.17) is 0 Å². The molecule has 3 N–H and O–H groups in total. The van der Waals surface area contributed by atoms with Crippen molar-refractivity contribution in [1.82, 2.24) is 25.5 Å². The second-order valence-corrected chi connectivity index (χ2v) is 11.1. The minimum Gasteiger partial charge on any atom is -0.384 e. The highest BCUT2D eigenvalue weighted by Crippen LogP contribution is 2.37. The van der Waals surface area contributed by atoms with Crippen molar-refractivity contribution in [2.75, 3.05) is 13.1 Å². The second-order valence-electron chi connectivity index (χ2n) is 10.2. The maximum Gasteiger partial charge on any atom is 0.416 e. The van der Waals surface area contributed by atoms with Crippen molar-refractivity contribution < 1.29 is 27.9 Å². The highest BCUT2D eigenvalue weighted by Gasteiger charge is 2.38. The van der Waals surface area contributed by atoms with Gasteiger partial charge in [-0.1, -0.05) is 6.07 Å². The maximum absolute atomic E-state index is 13.0. The van der Waals surface area contributed by atoms with Crippen LogP contribution in [0.4, 0.5) is 13.2 Å². The van der Waals surface area contributed by atoms with E-state index in [0.29, 0.717) is 37.9 Å². The van der Waals surface area contributed by atoms with Gasteiger partial charge in [0.25, 0.3) is 5.91 Å². The van der Waals surface area contributed by atoms with Gasteiger partial charge in [0.1, 0.15) is 10.6 Å². The van der Waals surface area contributed by atoms with E-state index < -0.39 is 23.2 Å². The molecule has 8 nitrogen and oxygen atoms in total. The normalized spacial score (nSPS) is 23.2. The van der Waals surface area contributed by atoms with E-state index >= 15 is 0 Å². The van der Waals surface area contributed by atoms with E-state index in [0.717, 1.165) is 35.5 Å². The number of nitrogens with zero attached hydrogens (tertiary/aromatic N) is 3. The number of pyridine rings is 1. The van der Waals surface area contributed by atoms with Crippen LogP contribution in [-0.4, -0.2) is 57.1 Å². The summed E-state index contributed by atoms with van der Waals surface area (Å²) in [6.07, 6.45) is 2.75. The Hall–Kier alpha value is -3.35. The summed E-state index contributed by atoms with van der Waals surface area (Å²) >= 11 is 1.53. The predicted octanol–water partition coefficient (Wildman–Crippen LogP) is 4.32. The number of halogens is 3. The molecule has 1 aromatic carbocycles. The summed E-state index contributed by atoms with van der Waals surface area (Å²) in [6, 6.07) is 8.00. The summed E-state index contributed by atoms with van der Waals surface area (Å²) in [7, 11) is 0. The highest BCUT2D eigenvalue weighted by atomic mass is 32.1. The van der Waals surface area contributed by atoms with E-state index in [9.17, 15) is 27.9 Å². The average Bonchev–Trinajstić information content (AvgIpc) is 3.66. The first kappa shape index (κ1) is 28.2. The number of rotatable bonds is 7. The van der Waals surface area contributed by atoms with Gasteiger partial charge in [-0.3, -0.25) is 19.9 Å². The van der Waals surface area contributed by atoms with Crippen molar-refractivity contribution in [1.29, 1.82) is 0 Å². The Balaban J connectivity index is 1.12. The zero-order valence-corrected chi connectivity index (χ0v) is 22.5. The quantitative estimate of drug-likeness (QED) is 0.389. The number of alkyl halides is 3. The first-order valence-corrected chi connectivity index (χ1v) is 14.1. The number of thiazole rings is 1. The second kappa shape index (κ2) is 11.6. The molecule has 2 aliphatic rings. The van der Waals surface area contributed by atoms with Gasteiger partial charge in [0.2, 0.25) is 5.91 Å². The Morgan fingerprint density at radius 2 is 1.93 bits per heavy atom. The number of likely N-dealkylation sites (tertiary alicyclic amines) is 1. The number of aromatic nitrogens is 2. The van der Waals surface area contributed by atoms with Crippen molar-refractivity contribution in [2.24, 2.45) is 0 Å². The van der Waals surface area contributed by atoms with Gasteiger partial charge >= 0.3 is 6.18 Å². The largest absolute Gasteiger partial charge is 0.416 e. The molecule has 3 aromatic rings. The minimum absolute atomic E-state index is 0.105. The fraction of sp³-hybridized carbons (Fsp3) is 0.429. The summed E-state index contributed by atoms with van der Waals surface area (Å²) < 4.78 is 38.9. The van der Waals surface area contributed by atoms with Crippen molar-refractivity contribution in [3.05, 3.63) is 71.0 Å². The molecule has 3 heterocycles.